The molecule has 0 aromatic carbocycles. The molecule has 5 nitrogen and oxygen atoms in total. The zero-order chi connectivity index (χ0) is 17.6. The molecule has 0 radical (unpaired) electrons. The molecular weight excluding hydrogens is 388 g/mol. The Balaban J connectivity index is 2.02. The van der Waals surface area contributed by atoms with E-state index in [0.29, 0.717) is 13.1 Å². The number of halogens is 1. The molecule has 0 bridgehead atoms. The van der Waals surface area contributed by atoms with Crippen molar-refractivity contribution in [1.29, 1.82) is 0 Å². The van der Waals surface area contributed by atoms with Crippen molar-refractivity contribution in [2.75, 3.05) is 27.2 Å². The minimum absolute atomic E-state index is 0.227. The average molecular weight is 415 g/mol. The van der Waals surface area contributed by atoms with Crippen LogP contribution in [0.5, 0.6) is 0 Å². The molecule has 0 saturated heterocycles. The SMILES string of the molecule is CCNC(=NCc1cc(Br)cs1)NCC1(C(=O)N(C)C)CCCC1. The lowest BCUT2D eigenvalue weighted by Crippen LogP contribution is -2.49. The Hall–Kier alpha value is -1.08. The van der Waals surface area contributed by atoms with Gasteiger partial charge in [0, 0.05) is 41.9 Å². The Bertz CT molecular complexity index is 579. The first kappa shape index (κ1) is 19.2. The molecule has 1 fully saturated rings. The first-order valence-electron chi connectivity index (χ1n) is 8.44. The van der Waals surface area contributed by atoms with Crippen molar-refractivity contribution in [3.05, 3.63) is 20.8 Å². The van der Waals surface area contributed by atoms with Gasteiger partial charge in [-0.2, -0.15) is 0 Å². The molecule has 24 heavy (non-hydrogen) atoms. The second-order valence-electron chi connectivity index (χ2n) is 6.47. The van der Waals surface area contributed by atoms with Gasteiger partial charge in [-0.1, -0.05) is 12.8 Å². The third-order valence-corrected chi connectivity index (χ3v) is 6.06. The lowest BCUT2D eigenvalue weighted by atomic mass is 9.84. The van der Waals surface area contributed by atoms with Crippen LogP contribution in [0.4, 0.5) is 0 Å². The zero-order valence-electron chi connectivity index (χ0n) is 14.7. The van der Waals surface area contributed by atoms with E-state index in [4.69, 9.17) is 0 Å². The van der Waals surface area contributed by atoms with Crippen LogP contribution in [0.2, 0.25) is 0 Å². The zero-order valence-corrected chi connectivity index (χ0v) is 17.1. The summed E-state index contributed by atoms with van der Waals surface area (Å²) >= 11 is 5.16. The standard InChI is InChI=1S/C17H27BrN4OS/c1-4-19-16(20-10-14-9-13(18)11-24-14)21-12-17(7-5-6-8-17)15(23)22(2)3/h9,11H,4-8,10,12H2,1-3H3,(H2,19,20,21). The van der Waals surface area contributed by atoms with Gasteiger partial charge in [-0.05, 0) is 41.8 Å². The summed E-state index contributed by atoms with van der Waals surface area (Å²) in [5.41, 5.74) is -0.286. The van der Waals surface area contributed by atoms with Crippen molar-refractivity contribution in [2.45, 2.75) is 39.2 Å². The minimum Gasteiger partial charge on any atom is -0.357 e. The fourth-order valence-corrected chi connectivity index (χ4v) is 4.56. The van der Waals surface area contributed by atoms with Crippen LogP contribution in [0.25, 0.3) is 0 Å². The second-order valence-corrected chi connectivity index (χ2v) is 8.38. The van der Waals surface area contributed by atoms with E-state index in [0.717, 1.165) is 42.7 Å². The van der Waals surface area contributed by atoms with E-state index in [-0.39, 0.29) is 11.3 Å². The molecule has 0 atom stereocenters. The number of rotatable bonds is 6. The minimum atomic E-state index is -0.286. The maximum atomic E-state index is 12.6. The van der Waals surface area contributed by atoms with Gasteiger partial charge in [0.15, 0.2) is 5.96 Å². The number of nitrogens with zero attached hydrogens (tertiary/aromatic N) is 2. The van der Waals surface area contributed by atoms with Crippen LogP contribution in [-0.2, 0) is 11.3 Å². The molecule has 1 amide bonds. The van der Waals surface area contributed by atoms with E-state index in [1.807, 2.05) is 14.1 Å². The highest BCUT2D eigenvalue weighted by Crippen LogP contribution is 2.38. The molecule has 1 heterocycles. The molecule has 1 aromatic rings. The number of nitrogens with one attached hydrogen (secondary N) is 2. The van der Waals surface area contributed by atoms with Crippen LogP contribution in [0.15, 0.2) is 20.9 Å². The quantitative estimate of drug-likeness (QED) is 0.554. The van der Waals surface area contributed by atoms with E-state index in [2.05, 4.69) is 49.9 Å². The Kier molecular flexibility index (Phi) is 7.10. The normalized spacial score (nSPS) is 16.9. The van der Waals surface area contributed by atoms with E-state index >= 15 is 0 Å². The molecule has 0 unspecified atom stereocenters. The lowest BCUT2D eigenvalue weighted by molar-refractivity contribution is -0.138. The number of aliphatic imine (C=N–C) groups is 1. The average Bonchev–Trinajstić information content (AvgIpc) is 3.19. The maximum absolute atomic E-state index is 12.6. The number of carbonyl (C=O) groups is 1. The van der Waals surface area contributed by atoms with Crippen molar-refractivity contribution in [3.8, 4) is 0 Å². The Morgan fingerprint density at radius 3 is 2.62 bits per heavy atom. The fourth-order valence-electron chi connectivity index (χ4n) is 3.18. The third kappa shape index (κ3) is 4.96. The van der Waals surface area contributed by atoms with Crippen molar-refractivity contribution in [1.82, 2.24) is 15.5 Å². The van der Waals surface area contributed by atoms with Crippen LogP contribution >= 0.6 is 27.3 Å². The molecule has 0 aliphatic heterocycles. The summed E-state index contributed by atoms with van der Waals surface area (Å²) in [7, 11) is 3.69. The van der Waals surface area contributed by atoms with Crippen molar-refractivity contribution >= 4 is 39.1 Å². The third-order valence-electron chi connectivity index (χ3n) is 4.37. The van der Waals surface area contributed by atoms with Crippen LogP contribution in [-0.4, -0.2) is 44.0 Å². The number of hydrogen-bond donors (Lipinski definition) is 2. The van der Waals surface area contributed by atoms with Crippen molar-refractivity contribution in [3.63, 3.8) is 0 Å². The van der Waals surface area contributed by atoms with Gasteiger partial charge in [0.05, 0.1) is 12.0 Å². The van der Waals surface area contributed by atoms with Gasteiger partial charge in [-0.25, -0.2) is 4.99 Å². The predicted octanol–water partition coefficient (Wildman–Crippen LogP) is 3.21. The summed E-state index contributed by atoms with van der Waals surface area (Å²) in [4.78, 5) is 20.2. The molecule has 1 aromatic heterocycles. The summed E-state index contributed by atoms with van der Waals surface area (Å²) in [6.45, 7) is 4.13. The molecule has 134 valence electrons. The monoisotopic (exact) mass is 414 g/mol. The first-order chi connectivity index (χ1) is 11.5. The molecule has 0 spiro atoms. The number of hydrogen-bond acceptors (Lipinski definition) is 3. The van der Waals surface area contributed by atoms with E-state index in [1.54, 1.807) is 16.2 Å². The van der Waals surface area contributed by atoms with E-state index in [1.165, 1.54) is 4.88 Å². The van der Waals surface area contributed by atoms with Gasteiger partial charge in [-0.3, -0.25) is 4.79 Å². The van der Waals surface area contributed by atoms with Gasteiger partial charge in [-0.15, -0.1) is 11.3 Å². The lowest BCUT2D eigenvalue weighted by Gasteiger charge is -2.31. The summed E-state index contributed by atoms with van der Waals surface area (Å²) in [5.74, 6) is 1.00. The Labute approximate surface area is 157 Å². The highest BCUT2D eigenvalue weighted by Gasteiger charge is 2.42. The molecule has 2 N–H and O–H groups in total. The number of amides is 1. The summed E-state index contributed by atoms with van der Waals surface area (Å²) in [6.07, 6.45) is 4.15. The highest BCUT2D eigenvalue weighted by atomic mass is 79.9. The van der Waals surface area contributed by atoms with Crippen LogP contribution in [0, 0.1) is 5.41 Å². The smallest absolute Gasteiger partial charge is 0.230 e. The summed E-state index contributed by atoms with van der Waals surface area (Å²) in [6, 6.07) is 2.09. The van der Waals surface area contributed by atoms with E-state index < -0.39 is 0 Å². The van der Waals surface area contributed by atoms with Crippen molar-refractivity contribution < 1.29 is 4.79 Å². The number of thiophene rings is 1. The molecule has 1 aliphatic rings. The van der Waals surface area contributed by atoms with E-state index in [9.17, 15) is 4.79 Å². The van der Waals surface area contributed by atoms with Gasteiger partial charge >= 0.3 is 0 Å². The topological polar surface area (TPSA) is 56.7 Å². The van der Waals surface area contributed by atoms with Crippen LogP contribution < -0.4 is 10.6 Å². The molecular formula is C17H27BrN4OS. The number of carbonyl (C=O) groups excluding carboxylic acids is 1. The highest BCUT2D eigenvalue weighted by molar-refractivity contribution is 9.10. The van der Waals surface area contributed by atoms with Gasteiger partial charge in [0.1, 0.15) is 0 Å². The molecule has 2 rings (SSSR count). The van der Waals surface area contributed by atoms with Gasteiger partial charge in [0.25, 0.3) is 0 Å². The van der Waals surface area contributed by atoms with Crippen LogP contribution in [0.1, 0.15) is 37.5 Å². The fraction of sp³-hybridized carbons (Fsp3) is 0.647. The second kappa shape index (κ2) is 8.85. The molecule has 1 aliphatic carbocycles. The van der Waals surface area contributed by atoms with Crippen molar-refractivity contribution in [2.24, 2.45) is 10.4 Å². The van der Waals surface area contributed by atoms with Gasteiger partial charge < -0.3 is 15.5 Å². The predicted molar refractivity (Wildman–Crippen MR) is 104 cm³/mol. The van der Waals surface area contributed by atoms with Gasteiger partial charge in [0.2, 0.25) is 5.91 Å². The number of guanidine groups is 1. The largest absolute Gasteiger partial charge is 0.357 e. The Morgan fingerprint density at radius 2 is 2.08 bits per heavy atom. The maximum Gasteiger partial charge on any atom is 0.230 e. The Morgan fingerprint density at radius 1 is 1.38 bits per heavy atom. The first-order valence-corrected chi connectivity index (χ1v) is 10.1. The van der Waals surface area contributed by atoms with Crippen LogP contribution in [0.3, 0.4) is 0 Å². The summed E-state index contributed by atoms with van der Waals surface area (Å²) < 4.78 is 1.09. The summed E-state index contributed by atoms with van der Waals surface area (Å²) in [5, 5.41) is 8.74. The molecule has 1 saturated carbocycles. The molecule has 7 heteroatoms.